The number of ether oxygens (including phenoxy) is 1. The second-order valence-electron chi connectivity index (χ2n) is 4.10. The van der Waals surface area contributed by atoms with Crippen LogP contribution in [0.2, 0.25) is 0 Å². The Kier molecular flexibility index (Phi) is 4.60. The summed E-state index contributed by atoms with van der Waals surface area (Å²) in [5.41, 5.74) is 1.32. The average molecular weight is 272 g/mol. The third-order valence-corrected chi connectivity index (χ3v) is 2.56. The first-order valence-electron chi connectivity index (χ1n) is 6.34. The molecule has 0 aliphatic carbocycles. The molecule has 2 rings (SSSR count). The largest absolute Gasteiger partial charge is 0.462 e. The highest BCUT2D eigenvalue weighted by molar-refractivity contribution is 5.89. The number of esters is 1. The number of carbonyl (C=O) groups is 1. The normalized spacial score (nSPS) is 10.1. The van der Waals surface area contributed by atoms with E-state index in [9.17, 15) is 4.79 Å². The van der Waals surface area contributed by atoms with Gasteiger partial charge in [-0.3, -0.25) is 0 Å². The van der Waals surface area contributed by atoms with E-state index in [4.69, 9.17) is 4.74 Å². The Morgan fingerprint density at radius 3 is 2.80 bits per heavy atom. The fourth-order valence-corrected chi connectivity index (χ4v) is 1.62. The van der Waals surface area contributed by atoms with Gasteiger partial charge in [-0.15, -0.1) is 0 Å². The minimum absolute atomic E-state index is 0.353. The number of hydrogen-bond acceptors (Lipinski definition) is 6. The Morgan fingerprint density at radius 1 is 1.30 bits per heavy atom. The zero-order valence-electron chi connectivity index (χ0n) is 11.5. The van der Waals surface area contributed by atoms with Crippen LogP contribution in [0.5, 0.6) is 0 Å². The molecule has 0 aromatic carbocycles. The highest BCUT2D eigenvalue weighted by atomic mass is 16.5. The van der Waals surface area contributed by atoms with Crippen LogP contribution in [0.3, 0.4) is 0 Å². The molecular formula is C14H16N4O2. The predicted octanol–water partition coefficient (Wildman–Crippen LogP) is 1.97. The third kappa shape index (κ3) is 3.74. The highest BCUT2D eigenvalue weighted by Crippen LogP contribution is 2.08. The van der Waals surface area contributed by atoms with Gasteiger partial charge < -0.3 is 10.1 Å². The fraction of sp³-hybridized carbons (Fsp3) is 0.286. The van der Waals surface area contributed by atoms with Crippen molar-refractivity contribution >= 4 is 11.8 Å². The van der Waals surface area contributed by atoms with Crippen LogP contribution in [0.4, 0.5) is 5.82 Å². The van der Waals surface area contributed by atoms with Crippen molar-refractivity contribution in [2.75, 3.05) is 11.9 Å². The second kappa shape index (κ2) is 6.60. The monoisotopic (exact) mass is 272 g/mol. The molecular weight excluding hydrogens is 256 g/mol. The molecule has 0 atom stereocenters. The van der Waals surface area contributed by atoms with Crippen LogP contribution in [0.15, 0.2) is 30.6 Å². The number of carbonyl (C=O) groups excluding carboxylic acids is 1. The van der Waals surface area contributed by atoms with E-state index in [-0.39, 0.29) is 5.97 Å². The molecule has 0 spiro atoms. The number of nitrogens with one attached hydrogen (secondary N) is 1. The van der Waals surface area contributed by atoms with E-state index >= 15 is 0 Å². The molecule has 6 heteroatoms. The van der Waals surface area contributed by atoms with E-state index in [1.807, 2.05) is 13.0 Å². The summed E-state index contributed by atoms with van der Waals surface area (Å²) in [5, 5.41) is 3.13. The van der Waals surface area contributed by atoms with Crippen LogP contribution >= 0.6 is 0 Å². The maximum absolute atomic E-state index is 11.5. The van der Waals surface area contributed by atoms with Crippen molar-refractivity contribution in [2.24, 2.45) is 0 Å². The second-order valence-corrected chi connectivity index (χ2v) is 4.10. The number of hydrogen-bond donors (Lipinski definition) is 1. The molecule has 0 saturated carbocycles. The van der Waals surface area contributed by atoms with Gasteiger partial charge in [-0.2, -0.15) is 0 Å². The maximum atomic E-state index is 11.5. The summed E-state index contributed by atoms with van der Waals surface area (Å²) < 4.78 is 4.89. The average Bonchev–Trinajstić information content (AvgIpc) is 2.46. The SMILES string of the molecule is CCOC(=O)c1ccc(NCc2ccnc(C)n2)nc1. The minimum Gasteiger partial charge on any atom is -0.462 e. The van der Waals surface area contributed by atoms with Crippen molar-refractivity contribution in [1.82, 2.24) is 15.0 Å². The van der Waals surface area contributed by atoms with Crippen LogP contribution in [0.1, 0.15) is 28.8 Å². The maximum Gasteiger partial charge on any atom is 0.339 e. The van der Waals surface area contributed by atoms with Gasteiger partial charge in [0.2, 0.25) is 0 Å². The molecule has 0 radical (unpaired) electrons. The number of aromatic nitrogens is 3. The molecule has 2 heterocycles. The van der Waals surface area contributed by atoms with Crippen LogP contribution in [-0.2, 0) is 11.3 Å². The van der Waals surface area contributed by atoms with Gasteiger partial charge >= 0.3 is 5.97 Å². The molecule has 0 bridgehead atoms. The summed E-state index contributed by atoms with van der Waals surface area (Å²) in [6, 6.07) is 5.26. The third-order valence-electron chi connectivity index (χ3n) is 2.56. The van der Waals surface area contributed by atoms with Gasteiger partial charge in [0.15, 0.2) is 0 Å². The van der Waals surface area contributed by atoms with Gasteiger partial charge in [0.25, 0.3) is 0 Å². The lowest BCUT2D eigenvalue weighted by atomic mass is 10.3. The van der Waals surface area contributed by atoms with Crippen LogP contribution in [0, 0.1) is 6.92 Å². The van der Waals surface area contributed by atoms with Gasteiger partial charge in [0, 0.05) is 12.4 Å². The molecule has 2 aromatic heterocycles. The zero-order chi connectivity index (χ0) is 14.4. The van der Waals surface area contributed by atoms with Crippen LogP contribution in [-0.4, -0.2) is 27.5 Å². The van der Waals surface area contributed by atoms with E-state index in [0.29, 0.717) is 24.5 Å². The highest BCUT2D eigenvalue weighted by Gasteiger charge is 2.06. The van der Waals surface area contributed by atoms with Crippen molar-refractivity contribution in [2.45, 2.75) is 20.4 Å². The lowest BCUT2D eigenvalue weighted by Crippen LogP contribution is -2.07. The lowest BCUT2D eigenvalue weighted by Gasteiger charge is -2.06. The summed E-state index contributed by atoms with van der Waals surface area (Å²) in [6.07, 6.45) is 3.21. The first-order chi connectivity index (χ1) is 9.69. The summed E-state index contributed by atoms with van der Waals surface area (Å²) >= 11 is 0. The van der Waals surface area contributed by atoms with Gasteiger partial charge in [0.1, 0.15) is 11.6 Å². The minimum atomic E-state index is -0.363. The van der Waals surface area contributed by atoms with Gasteiger partial charge in [-0.25, -0.2) is 19.7 Å². The molecule has 0 fully saturated rings. The molecule has 2 aromatic rings. The number of rotatable bonds is 5. The molecule has 104 valence electrons. The van der Waals surface area contributed by atoms with E-state index in [2.05, 4.69) is 20.3 Å². The quantitative estimate of drug-likeness (QED) is 0.838. The van der Waals surface area contributed by atoms with Crippen molar-refractivity contribution in [1.29, 1.82) is 0 Å². The summed E-state index contributed by atoms with van der Waals surface area (Å²) in [4.78, 5) is 24.0. The van der Waals surface area contributed by atoms with Crippen LogP contribution in [0.25, 0.3) is 0 Å². The summed E-state index contributed by atoms with van der Waals surface area (Å²) in [7, 11) is 0. The molecule has 20 heavy (non-hydrogen) atoms. The standard InChI is InChI=1S/C14H16N4O2/c1-3-20-14(19)11-4-5-13(16-8-11)17-9-12-6-7-15-10(2)18-12/h4-8H,3,9H2,1-2H3,(H,16,17). The summed E-state index contributed by atoms with van der Waals surface area (Å²) in [6.45, 7) is 4.52. The fourth-order valence-electron chi connectivity index (χ4n) is 1.62. The molecule has 0 aliphatic heterocycles. The van der Waals surface area contributed by atoms with E-state index in [0.717, 1.165) is 11.5 Å². The number of pyridine rings is 1. The molecule has 1 N–H and O–H groups in total. The van der Waals surface area contributed by atoms with E-state index in [1.165, 1.54) is 6.20 Å². The van der Waals surface area contributed by atoms with Crippen molar-refractivity contribution in [3.8, 4) is 0 Å². The van der Waals surface area contributed by atoms with Crippen molar-refractivity contribution < 1.29 is 9.53 Å². The van der Waals surface area contributed by atoms with Crippen LogP contribution < -0.4 is 5.32 Å². The molecule has 0 saturated heterocycles. The first kappa shape index (κ1) is 13.9. The Bertz CT molecular complexity index is 584. The van der Waals surface area contributed by atoms with Gasteiger partial charge in [0.05, 0.1) is 24.4 Å². The Balaban J connectivity index is 1.95. The zero-order valence-corrected chi connectivity index (χ0v) is 11.5. The Hall–Kier alpha value is -2.50. The number of aryl methyl sites for hydroxylation is 1. The first-order valence-corrected chi connectivity index (χ1v) is 6.34. The van der Waals surface area contributed by atoms with E-state index in [1.54, 1.807) is 25.3 Å². The molecule has 6 nitrogen and oxygen atoms in total. The van der Waals surface area contributed by atoms with Gasteiger partial charge in [-0.05, 0) is 32.0 Å². The van der Waals surface area contributed by atoms with E-state index < -0.39 is 0 Å². The van der Waals surface area contributed by atoms with Gasteiger partial charge in [-0.1, -0.05) is 0 Å². The topological polar surface area (TPSA) is 77.0 Å². The molecule has 0 unspecified atom stereocenters. The smallest absolute Gasteiger partial charge is 0.339 e. The molecule has 0 amide bonds. The Morgan fingerprint density at radius 2 is 2.15 bits per heavy atom. The summed E-state index contributed by atoms with van der Waals surface area (Å²) in [5.74, 6) is 1.04. The molecule has 0 aliphatic rings. The lowest BCUT2D eigenvalue weighted by molar-refractivity contribution is 0.0526. The number of anilines is 1. The van der Waals surface area contributed by atoms with Crippen molar-refractivity contribution in [3.05, 3.63) is 47.7 Å². The number of nitrogens with zero attached hydrogens (tertiary/aromatic N) is 3. The Labute approximate surface area is 117 Å². The predicted molar refractivity (Wildman–Crippen MR) is 74.3 cm³/mol. The van der Waals surface area contributed by atoms with Crippen molar-refractivity contribution in [3.63, 3.8) is 0 Å².